The second kappa shape index (κ2) is 12.3. The number of ether oxygens (including phenoxy) is 3. The van der Waals surface area contributed by atoms with Crippen molar-refractivity contribution in [1.29, 1.82) is 0 Å². The zero-order valence-corrected chi connectivity index (χ0v) is 22.3. The molecule has 0 fully saturated rings. The number of carboxylic acids is 1. The summed E-state index contributed by atoms with van der Waals surface area (Å²) in [5, 5.41) is 20.4. The molecule has 1 aliphatic rings. The molecule has 0 aromatic heterocycles. The molecule has 3 N–H and O–H groups in total. The first-order chi connectivity index (χ1) is 20.0. The fourth-order valence-corrected chi connectivity index (χ4v) is 4.56. The molecule has 0 radical (unpaired) electrons. The van der Waals surface area contributed by atoms with Crippen molar-refractivity contribution < 1.29 is 42.6 Å². The number of hydrogen-bond acceptors (Lipinski definition) is 8. The maximum atomic E-state index is 13.0. The van der Waals surface area contributed by atoms with Gasteiger partial charge in [0.1, 0.15) is 28.7 Å². The van der Waals surface area contributed by atoms with E-state index in [0.29, 0.717) is 29.0 Å². The van der Waals surface area contributed by atoms with Crippen LogP contribution in [0.4, 0.5) is 20.2 Å². The average Bonchev–Trinajstić information content (AvgIpc) is 3.31. The number of rotatable bonds is 7. The number of fused-ring (bicyclic) bond motifs is 1. The van der Waals surface area contributed by atoms with E-state index in [9.17, 15) is 33.6 Å². The van der Waals surface area contributed by atoms with Crippen molar-refractivity contribution in [2.75, 3.05) is 20.0 Å². The lowest BCUT2D eigenvalue weighted by molar-refractivity contribution is -0.385. The summed E-state index contributed by atoms with van der Waals surface area (Å²) >= 11 is 0. The molecule has 42 heavy (non-hydrogen) atoms. The first kappa shape index (κ1) is 29.5. The lowest BCUT2D eigenvalue weighted by Crippen LogP contribution is -2.09. The van der Waals surface area contributed by atoms with E-state index in [-0.39, 0.29) is 33.9 Å². The van der Waals surface area contributed by atoms with Crippen molar-refractivity contribution in [2.24, 2.45) is 0 Å². The van der Waals surface area contributed by atoms with Gasteiger partial charge in [-0.25, -0.2) is 18.4 Å². The average molecular weight is 579 g/mol. The second-order valence-electron chi connectivity index (χ2n) is 8.99. The number of nitro benzene ring substituents is 1. The molecule has 0 amide bonds. The van der Waals surface area contributed by atoms with Crippen LogP contribution in [0.15, 0.2) is 72.8 Å². The van der Waals surface area contributed by atoms with Gasteiger partial charge in [-0.15, -0.1) is 0 Å². The van der Waals surface area contributed by atoms with Gasteiger partial charge in [0.15, 0.2) is 6.10 Å². The summed E-state index contributed by atoms with van der Waals surface area (Å²) in [5.74, 6) is -1.93. The van der Waals surface area contributed by atoms with Crippen LogP contribution in [0, 0.1) is 21.7 Å². The maximum absolute atomic E-state index is 13.0. The Kier molecular flexibility index (Phi) is 8.65. The number of carboxylic acid groups (broad SMARTS) is 1. The molecule has 0 saturated carbocycles. The summed E-state index contributed by atoms with van der Waals surface area (Å²) in [6.07, 6.45) is -0.561. The number of carbonyl (C=O) groups excluding carboxylic acids is 1. The summed E-state index contributed by atoms with van der Waals surface area (Å²) in [4.78, 5) is 33.9. The topological polar surface area (TPSA) is 151 Å². The number of nitrogen functional groups attached to an aromatic ring is 1. The highest BCUT2D eigenvalue weighted by Crippen LogP contribution is 2.45. The van der Waals surface area contributed by atoms with Crippen LogP contribution in [-0.2, 0) is 11.2 Å². The Morgan fingerprint density at radius 1 is 0.952 bits per heavy atom. The molecule has 10 nitrogen and oxygen atoms in total. The maximum Gasteiger partial charge on any atom is 0.346 e. The highest BCUT2D eigenvalue weighted by atomic mass is 19.1. The normalized spacial score (nSPS) is 13.3. The van der Waals surface area contributed by atoms with Gasteiger partial charge in [-0.3, -0.25) is 10.1 Å². The zero-order chi connectivity index (χ0) is 30.6. The molecule has 0 bridgehead atoms. The molecule has 4 aromatic carbocycles. The highest BCUT2D eigenvalue weighted by Gasteiger charge is 2.41. The summed E-state index contributed by atoms with van der Waals surface area (Å²) in [6, 6.07) is 17.0. The molecule has 0 saturated heterocycles. The van der Waals surface area contributed by atoms with Crippen molar-refractivity contribution in [3.05, 3.63) is 128 Å². The van der Waals surface area contributed by atoms with Crippen molar-refractivity contribution in [3.63, 3.8) is 0 Å². The van der Waals surface area contributed by atoms with Crippen LogP contribution >= 0.6 is 0 Å². The molecular formula is C30H24F2N2O8. The van der Waals surface area contributed by atoms with Gasteiger partial charge >= 0.3 is 11.9 Å². The van der Waals surface area contributed by atoms with Gasteiger partial charge in [-0.1, -0.05) is 24.3 Å². The number of methoxy groups -OCH3 is 2. The Hall–Kier alpha value is -5.52. The Morgan fingerprint density at radius 2 is 1.52 bits per heavy atom. The third-order valence-corrected chi connectivity index (χ3v) is 6.49. The first-order valence-electron chi connectivity index (χ1n) is 12.3. The SMILES string of the molecule is COc1ccc(N)c(C(=O)O)c1Cc1ccc(F)cc1.COc1ccc([N+](=O)[O-])c2c1C(c1ccc(F)cc1)OC2=O. The number of hydrogen-bond donors (Lipinski definition) is 2. The van der Waals surface area contributed by atoms with Crippen LogP contribution in [0.25, 0.3) is 0 Å². The number of anilines is 1. The monoisotopic (exact) mass is 578 g/mol. The van der Waals surface area contributed by atoms with Gasteiger partial charge in [0.25, 0.3) is 5.69 Å². The largest absolute Gasteiger partial charge is 0.496 e. The minimum atomic E-state index is -1.11. The molecule has 0 spiro atoms. The lowest BCUT2D eigenvalue weighted by Gasteiger charge is -2.13. The molecule has 4 aromatic rings. The molecular weight excluding hydrogens is 554 g/mol. The van der Waals surface area contributed by atoms with E-state index in [4.69, 9.17) is 19.9 Å². The smallest absolute Gasteiger partial charge is 0.346 e. The minimum absolute atomic E-state index is 0.0219. The van der Waals surface area contributed by atoms with E-state index in [1.54, 1.807) is 18.2 Å². The molecule has 1 heterocycles. The predicted octanol–water partition coefficient (Wildman–Crippen LogP) is 5.71. The number of carbonyl (C=O) groups is 2. The molecule has 216 valence electrons. The quantitative estimate of drug-likeness (QED) is 0.122. The van der Waals surface area contributed by atoms with E-state index in [1.807, 2.05) is 0 Å². The summed E-state index contributed by atoms with van der Waals surface area (Å²) in [6.45, 7) is 0. The van der Waals surface area contributed by atoms with E-state index in [2.05, 4.69) is 0 Å². The van der Waals surface area contributed by atoms with Gasteiger partial charge in [0.2, 0.25) is 0 Å². The molecule has 5 rings (SSSR count). The molecule has 1 atom stereocenters. The van der Waals surface area contributed by atoms with Crippen LogP contribution in [0.3, 0.4) is 0 Å². The lowest BCUT2D eigenvalue weighted by atomic mass is 9.97. The minimum Gasteiger partial charge on any atom is -0.496 e. The van der Waals surface area contributed by atoms with Gasteiger partial charge in [0, 0.05) is 23.7 Å². The second-order valence-corrected chi connectivity index (χ2v) is 8.99. The molecule has 1 aliphatic heterocycles. The number of nitrogens with zero attached hydrogens (tertiary/aromatic N) is 1. The van der Waals surface area contributed by atoms with Crippen molar-refractivity contribution in [2.45, 2.75) is 12.5 Å². The van der Waals surface area contributed by atoms with E-state index in [1.165, 1.54) is 68.8 Å². The number of halogens is 2. The molecule has 0 aliphatic carbocycles. The van der Waals surface area contributed by atoms with Crippen LogP contribution < -0.4 is 15.2 Å². The van der Waals surface area contributed by atoms with Crippen LogP contribution in [-0.4, -0.2) is 36.2 Å². The third kappa shape index (κ3) is 5.97. The van der Waals surface area contributed by atoms with Crippen molar-refractivity contribution >= 4 is 23.3 Å². The standard InChI is InChI=1S/C15H10FNO5.C15H14FNO3/c1-21-11-7-6-10(17(19)20)12-13(11)14(22-15(12)18)8-2-4-9(16)5-3-8;1-20-13-7-6-12(17)14(15(18)19)11(13)8-9-2-4-10(16)5-3-9/h2-7,14H,1H3;2-7H,8,17H2,1H3,(H,18,19). The summed E-state index contributed by atoms with van der Waals surface area (Å²) < 4.78 is 41.6. The number of nitro groups is 1. The zero-order valence-electron chi connectivity index (χ0n) is 22.3. The summed E-state index contributed by atoms with van der Waals surface area (Å²) in [7, 11) is 2.86. The Labute approximate surface area is 238 Å². The Bertz CT molecular complexity index is 1660. The van der Waals surface area contributed by atoms with Crippen molar-refractivity contribution in [1.82, 2.24) is 0 Å². The summed E-state index contributed by atoms with van der Waals surface area (Å²) in [5.41, 5.74) is 7.50. The Balaban J connectivity index is 0.000000194. The van der Waals surface area contributed by atoms with E-state index >= 15 is 0 Å². The highest BCUT2D eigenvalue weighted by molar-refractivity contribution is 6.00. The predicted molar refractivity (Wildman–Crippen MR) is 147 cm³/mol. The van der Waals surface area contributed by atoms with Crippen LogP contribution in [0.5, 0.6) is 11.5 Å². The van der Waals surface area contributed by atoms with Crippen molar-refractivity contribution in [3.8, 4) is 11.5 Å². The molecule has 1 unspecified atom stereocenters. The van der Waals surface area contributed by atoms with E-state index < -0.39 is 28.8 Å². The molecule has 12 heteroatoms. The van der Waals surface area contributed by atoms with Gasteiger partial charge in [0.05, 0.1) is 30.3 Å². The Morgan fingerprint density at radius 3 is 2.07 bits per heavy atom. The van der Waals surface area contributed by atoms with Gasteiger partial charge < -0.3 is 25.1 Å². The number of cyclic esters (lactones) is 1. The van der Waals surface area contributed by atoms with Crippen LogP contribution in [0.1, 0.15) is 49.1 Å². The first-order valence-corrected chi connectivity index (χ1v) is 12.3. The number of aromatic carboxylic acids is 1. The number of esters is 1. The van der Waals surface area contributed by atoms with Crippen LogP contribution in [0.2, 0.25) is 0 Å². The fourth-order valence-electron chi connectivity index (χ4n) is 4.56. The number of benzene rings is 4. The van der Waals surface area contributed by atoms with Gasteiger partial charge in [-0.2, -0.15) is 0 Å². The van der Waals surface area contributed by atoms with E-state index in [0.717, 1.165) is 5.56 Å². The fraction of sp³-hybridized carbons (Fsp3) is 0.133. The third-order valence-electron chi connectivity index (χ3n) is 6.49. The van der Waals surface area contributed by atoms with Gasteiger partial charge in [-0.05, 0) is 53.6 Å². The number of nitrogens with two attached hydrogens (primary N) is 1.